The normalized spacial score (nSPS) is 50.2. The van der Waals surface area contributed by atoms with Crippen LogP contribution in [0.15, 0.2) is 11.6 Å². The van der Waals surface area contributed by atoms with E-state index in [4.69, 9.17) is 9.47 Å². The van der Waals surface area contributed by atoms with Gasteiger partial charge in [-0.3, -0.25) is 0 Å². The first-order valence-electron chi connectivity index (χ1n) is 4.74. The van der Waals surface area contributed by atoms with E-state index in [1.165, 1.54) is 0 Å². The molecule has 0 aromatic heterocycles. The predicted molar refractivity (Wildman–Crippen MR) is 48.2 cm³/mol. The zero-order valence-electron chi connectivity index (χ0n) is 8.28. The molecule has 3 heteroatoms. The summed E-state index contributed by atoms with van der Waals surface area (Å²) in [5.41, 5.74) is 0.961. The van der Waals surface area contributed by atoms with E-state index >= 15 is 0 Å². The SMILES string of the molecule is CC1=CC(O)C2CC(C)OC1(C)O2. The van der Waals surface area contributed by atoms with Crippen molar-refractivity contribution in [3.05, 3.63) is 11.6 Å². The topological polar surface area (TPSA) is 38.7 Å². The summed E-state index contributed by atoms with van der Waals surface area (Å²) >= 11 is 0. The summed E-state index contributed by atoms with van der Waals surface area (Å²) in [6, 6.07) is 0. The molecular weight excluding hydrogens is 168 g/mol. The minimum atomic E-state index is -0.610. The van der Waals surface area contributed by atoms with Gasteiger partial charge in [0.1, 0.15) is 0 Å². The van der Waals surface area contributed by atoms with E-state index in [9.17, 15) is 5.11 Å². The number of aliphatic hydroxyl groups is 1. The molecule has 0 aliphatic carbocycles. The second-order valence-electron chi connectivity index (χ2n) is 4.11. The number of hydrogen-bond donors (Lipinski definition) is 1. The molecule has 2 aliphatic heterocycles. The van der Waals surface area contributed by atoms with Crippen molar-refractivity contribution in [2.24, 2.45) is 0 Å². The second-order valence-corrected chi connectivity index (χ2v) is 4.11. The van der Waals surface area contributed by atoms with Gasteiger partial charge in [-0.15, -0.1) is 0 Å². The highest BCUT2D eigenvalue weighted by Gasteiger charge is 2.44. The molecule has 3 nitrogen and oxygen atoms in total. The second kappa shape index (κ2) is 2.80. The summed E-state index contributed by atoms with van der Waals surface area (Å²) in [5, 5.41) is 9.67. The molecule has 0 saturated carbocycles. The average molecular weight is 184 g/mol. The summed E-state index contributed by atoms with van der Waals surface area (Å²) < 4.78 is 11.4. The monoisotopic (exact) mass is 184 g/mol. The van der Waals surface area contributed by atoms with E-state index in [2.05, 4.69) is 0 Å². The average Bonchev–Trinajstić information content (AvgIpc) is 2.00. The third-order valence-electron chi connectivity index (χ3n) is 2.88. The van der Waals surface area contributed by atoms with Gasteiger partial charge in [0.2, 0.25) is 0 Å². The lowest BCUT2D eigenvalue weighted by Gasteiger charge is -2.46. The zero-order chi connectivity index (χ0) is 9.64. The lowest BCUT2D eigenvalue weighted by Crippen LogP contribution is -2.53. The van der Waals surface area contributed by atoms with Crippen LogP contribution in [0.1, 0.15) is 27.2 Å². The number of rotatable bonds is 0. The zero-order valence-corrected chi connectivity index (χ0v) is 8.28. The summed E-state index contributed by atoms with van der Waals surface area (Å²) in [5.74, 6) is -0.610. The summed E-state index contributed by atoms with van der Waals surface area (Å²) in [7, 11) is 0. The molecule has 2 rings (SSSR count). The Balaban J connectivity index is 2.32. The predicted octanol–water partition coefficient (Wildman–Crippen LogP) is 1.22. The van der Waals surface area contributed by atoms with Gasteiger partial charge in [-0.25, -0.2) is 0 Å². The largest absolute Gasteiger partial charge is 0.386 e. The Labute approximate surface area is 78.3 Å². The lowest BCUT2D eigenvalue weighted by atomic mass is 9.94. The molecule has 2 heterocycles. The van der Waals surface area contributed by atoms with Gasteiger partial charge in [0.25, 0.3) is 0 Å². The Morgan fingerprint density at radius 3 is 2.92 bits per heavy atom. The van der Waals surface area contributed by atoms with Crippen molar-refractivity contribution in [3.8, 4) is 0 Å². The Hall–Kier alpha value is -0.380. The van der Waals surface area contributed by atoms with Gasteiger partial charge < -0.3 is 14.6 Å². The Bertz CT molecular complexity index is 249. The maximum atomic E-state index is 9.67. The van der Waals surface area contributed by atoms with Crippen LogP contribution in [0.5, 0.6) is 0 Å². The maximum Gasteiger partial charge on any atom is 0.188 e. The number of ether oxygens (including phenoxy) is 2. The molecule has 1 N–H and O–H groups in total. The summed E-state index contributed by atoms with van der Waals surface area (Å²) in [6.07, 6.45) is 2.18. The van der Waals surface area contributed by atoms with Crippen molar-refractivity contribution in [1.29, 1.82) is 0 Å². The molecule has 1 fully saturated rings. The highest BCUT2D eigenvalue weighted by Crippen LogP contribution is 2.37. The van der Waals surface area contributed by atoms with Crippen LogP contribution in [0.2, 0.25) is 0 Å². The van der Waals surface area contributed by atoms with Gasteiger partial charge in [-0.1, -0.05) is 0 Å². The van der Waals surface area contributed by atoms with E-state index in [1.54, 1.807) is 0 Å². The lowest BCUT2D eigenvalue weighted by molar-refractivity contribution is -0.303. The molecule has 0 spiro atoms. The van der Waals surface area contributed by atoms with Crippen molar-refractivity contribution in [1.82, 2.24) is 0 Å². The molecule has 1 saturated heterocycles. The quantitative estimate of drug-likeness (QED) is 0.575. The fraction of sp³-hybridized carbons (Fsp3) is 0.800. The molecule has 0 radical (unpaired) electrons. The number of aliphatic hydroxyl groups excluding tert-OH is 1. The van der Waals surface area contributed by atoms with Crippen LogP contribution in [0.25, 0.3) is 0 Å². The first-order chi connectivity index (χ1) is 6.01. The third-order valence-corrected chi connectivity index (χ3v) is 2.88. The fourth-order valence-corrected chi connectivity index (χ4v) is 2.03. The molecule has 13 heavy (non-hydrogen) atoms. The van der Waals surface area contributed by atoms with Gasteiger partial charge in [0.15, 0.2) is 5.79 Å². The van der Waals surface area contributed by atoms with Crippen LogP contribution >= 0.6 is 0 Å². The van der Waals surface area contributed by atoms with E-state index in [1.807, 2.05) is 26.8 Å². The highest BCUT2D eigenvalue weighted by molar-refractivity contribution is 5.17. The van der Waals surface area contributed by atoms with Gasteiger partial charge in [0, 0.05) is 6.42 Å². The minimum Gasteiger partial charge on any atom is -0.386 e. The number of fused-ring (bicyclic) bond motifs is 2. The number of hydrogen-bond acceptors (Lipinski definition) is 3. The van der Waals surface area contributed by atoms with Crippen molar-refractivity contribution in [2.75, 3.05) is 0 Å². The van der Waals surface area contributed by atoms with E-state index < -0.39 is 11.9 Å². The van der Waals surface area contributed by atoms with Gasteiger partial charge in [0.05, 0.1) is 18.3 Å². The van der Waals surface area contributed by atoms with Crippen molar-refractivity contribution in [3.63, 3.8) is 0 Å². The molecule has 2 bridgehead atoms. The smallest absolute Gasteiger partial charge is 0.188 e. The van der Waals surface area contributed by atoms with Crippen LogP contribution in [-0.2, 0) is 9.47 Å². The van der Waals surface area contributed by atoms with Crippen molar-refractivity contribution < 1.29 is 14.6 Å². The first kappa shape index (κ1) is 9.19. The Kier molecular flexibility index (Phi) is 1.98. The van der Waals surface area contributed by atoms with Gasteiger partial charge >= 0.3 is 0 Å². The Morgan fingerprint density at radius 1 is 1.54 bits per heavy atom. The minimum absolute atomic E-state index is 0.0996. The van der Waals surface area contributed by atoms with Crippen LogP contribution in [0.3, 0.4) is 0 Å². The molecule has 0 aromatic rings. The molecule has 74 valence electrons. The van der Waals surface area contributed by atoms with Crippen molar-refractivity contribution in [2.45, 2.75) is 51.3 Å². The third kappa shape index (κ3) is 1.41. The van der Waals surface area contributed by atoms with Crippen LogP contribution in [0.4, 0.5) is 0 Å². The van der Waals surface area contributed by atoms with E-state index in [0.717, 1.165) is 12.0 Å². The summed E-state index contributed by atoms with van der Waals surface area (Å²) in [4.78, 5) is 0. The van der Waals surface area contributed by atoms with Crippen LogP contribution < -0.4 is 0 Å². The Morgan fingerprint density at radius 2 is 2.23 bits per heavy atom. The molecule has 4 unspecified atom stereocenters. The standard InChI is InChI=1S/C10H16O3/c1-6-4-8(11)9-5-7(2)12-10(6,3)13-9/h4,7-9,11H,5H2,1-3H3. The maximum absolute atomic E-state index is 9.67. The molecule has 0 aromatic carbocycles. The van der Waals surface area contributed by atoms with E-state index in [0.29, 0.717) is 0 Å². The van der Waals surface area contributed by atoms with Crippen molar-refractivity contribution >= 4 is 0 Å². The van der Waals surface area contributed by atoms with Gasteiger partial charge in [-0.05, 0) is 32.4 Å². The van der Waals surface area contributed by atoms with Crippen LogP contribution in [0, 0.1) is 0 Å². The van der Waals surface area contributed by atoms with Gasteiger partial charge in [-0.2, -0.15) is 0 Å². The fourth-order valence-electron chi connectivity index (χ4n) is 2.03. The summed E-state index contributed by atoms with van der Waals surface area (Å²) in [6.45, 7) is 5.85. The van der Waals surface area contributed by atoms with Crippen LogP contribution in [-0.4, -0.2) is 29.2 Å². The highest BCUT2D eigenvalue weighted by atomic mass is 16.7. The first-order valence-corrected chi connectivity index (χ1v) is 4.74. The molecule has 2 aliphatic rings. The molecule has 4 atom stereocenters. The molecule has 0 amide bonds. The van der Waals surface area contributed by atoms with E-state index in [-0.39, 0.29) is 12.2 Å². The molecular formula is C10H16O3.